The van der Waals surface area contributed by atoms with Gasteiger partial charge in [0.25, 0.3) is 0 Å². The van der Waals surface area contributed by atoms with Crippen molar-refractivity contribution in [1.82, 2.24) is 10.3 Å². The molecule has 0 aliphatic rings. The fourth-order valence-electron chi connectivity index (χ4n) is 4.25. The van der Waals surface area contributed by atoms with Gasteiger partial charge in [0.1, 0.15) is 6.10 Å². The van der Waals surface area contributed by atoms with Gasteiger partial charge in [-0.2, -0.15) is 0 Å². The third kappa shape index (κ3) is 6.64. The third-order valence-corrected chi connectivity index (χ3v) is 6.00. The third-order valence-electron chi connectivity index (χ3n) is 6.00. The number of ether oxygens (including phenoxy) is 1. The van der Waals surface area contributed by atoms with Crippen LogP contribution < -0.4 is 5.32 Å². The van der Waals surface area contributed by atoms with Crippen molar-refractivity contribution in [3.05, 3.63) is 77.5 Å². The zero-order valence-corrected chi connectivity index (χ0v) is 20.3. The maximum atomic E-state index is 13.2. The Hall–Kier alpha value is -3.25. The molecule has 0 aliphatic heterocycles. The Bertz CT molecular complexity index is 1110. The quantitative estimate of drug-likeness (QED) is 0.434. The molecule has 2 N–H and O–H groups in total. The molecule has 6 nitrogen and oxygen atoms in total. The van der Waals surface area contributed by atoms with Crippen LogP contribution in [0.4, 0.5) is 0 Å². The summed E-state index contributed by atoms with van der Waals surface area (Å²) in [5.41, 5.74) is 2.68. The minimum atomic E-state index is -1.00. The number of fused-ring (bicyclic) bond motifs is 1. The van der Waals surface area contributed by atoms with Crippen molar-refractivity contribution < 1.29 is 19.4 Å². The summed E-state index contributed by atoms with van der Waals surface area (Å²) < 4.78 is 5.89. The predicted molar refractivity (Wildman–Crippen MR) is 133 cm³/mol. The first-order valence-corrected chi connectivity index (χ1v) is 11.8. The van der Waals surface area contributed by atoms with Gasteiger partial charge in [-0.1, -0.05) is 62.4 Å². The van der Waals surface area contributed by atoms with Crippen LogP contribution in [0.5, 0.6) is 0 Å². The number of hydrogen-bond acceptors (Lipinski definition) is 5. The lowest BCUT2D eigenvalue weighted by Gasteiger charge is -2.27. The van der Waals surface area contributed by atoms with Crippen molar-refractivity contribution in [2.75, 3.05) is 7.05 Å². The number of nitrogens with one attached hydrogen (secondary N) is 1. The highest BCUT2D eigenvalue weighted by molar-refractivity contribution is 5.95. The van der Waals surface area contributed by atoms with Gasteiger partial charge in [0.05, 0.1) is 22.9 Å². The van der Waals surface area contributed by atoms with Crippen LogP contribution in [0.15, 0.2) is 60.7 Å². The van der Waals surface area contributed by atoms with E-state index in [1.54, 1.807) is 20.0 Å². The lowest BCUT2D eigenvalue weighted by Crippen LogP contribution is -2.38. The molecule has 0 bridgehead atoms. The number of pyridine rings is 1. The molecule has 0 spiro atoms. The van der Waals surface area contributed by atoms with Crippen LogP contribution in [0.3, 0.4) is 0 Å². The molecule has 1 aromatic heterocycles. The molecular formula is C28H34N2O4. The van der Waals surface area contributed by atoms with Crippen molar-refractivity contribution >= 4 is 22.8 Å². The van der Waals surface area contributed by atoms with Gasteiger partial charge in [-0.15, -0.1) is 0 Å². The molecule has 1 amide bonds. The van der Waals surface area contributed by atoms with Crippen molar-refractivity contribution in [1.29, 1.82) is 0 Å². The number of aliphatic hydroxyl groups excluding tert-OH is 1. The summed E-state index contributed by atoms with van der Waals surface area (Å²) in [6.45, 7) is 5.86. The standard InChI is InChI=1S/C28H34N2O4/c1-18(2)14-22(27(32)29-4)17-25(31)26(15-20-10-6-5-7-11-20)34-28(33)23-16-21-12-8-9-13-24(21)30-19(23)3/h5-13,16,18,22,25-26,31H,14-15,17H2,1-4H3,(H,29,32)/t22-,25+,26+/m1/s1. The van der Waals surface area contributed by atoms with Gasteiger partial charge in [0.15, 0.2) is 0 Å². The number of rotatable bonds is 10. The maximum absolute atomic E-state index is 13.2. The number of para-hydroxylation sites is 1. The Balaban J connectivity index is 1.85. The van der Waals surface area contributed by atoms with Gasteiger partial charge in [0, 0.05) is 24.8 Å². The zero-order chi connectivity index (χ0) is 24.7. The number of esters is 1. The van der Waals surface area contributed by atoms with Crippen molar-refractivity contribution in [2.24, 2.45) is 11.8 Å². The lowest BCUT2D eigenvalue weighted by molar-refractivity contribution is -0.126. The highest BCUT2D eigenvalue weighted by Crippen LogP contribution is 2.24. The van der Waals surface area contributed by atoms with E-state index in [1.807, 2.05) is 68.4 Å². The first-order valence-electron chi connectivity index (χ1n) is 11.8. The lowest BCUT2D eigenvalue weighted by atomic mass is 9.88. The number of carbonyl (C=O) groups excluding carboxylic acids is 2. The Morgan fingerprint density at radius 3 is 2.38 bits per heavy atom. The van der Waals surface area contributed by atoms with E-state index in [0.717, 1.165) is 16.5 Å². The Morgan fingerprint density at radius 1 is 1.03 bits per heavy atom. The second-order valence-corrected chi connectivity index (χ2v) is 9.19. The van der Waals surface area contributed by atoms with Gasteiger partial charge in [-0.05, 0) is 43.4 Å². The number of hydrogen-bond donors (Lipinski definition) is 2. The molecule has 6 heteroatoms. The second-order valence-electron chi connectivity index (χ2n) is 9.19. The zero-order valence-electron chi connectivity index (χ0n) is 20.3. The minimum Gasteiger partial charge on any atom is -0.456 e. The summed E-state index contributed by atoms with van der Waals surface area (Å²) >= 11 is 0. The van der Waals surface area contributed by atoms with Crippen molar-refractivity contribution in [3.8, 4) is 0 Å². The van der Waals surface area contributed by atoms with E-state index < -0.39 is 18.2 Å². The topological polar surface area (TPSA) is 88.5 Å². The van der Waals surface area contributed by atoms with E-state index in [0.29, 0.717) is 24.1 Å². The van der Waals surface area contributed by atoms with Gasteiger partial charge >= 0.3 is 5.97 Å². The largest absolute Gasteiger partial charge is 0.456 e. The number of aryl methyl sites for hydroxylation is 1. The summed E-state index contributed by atoms with van der Waals surface area (Å²) in [6, 6.07) is 19.0. The fourth-order valence-corrected chi connectivity index (χ4v) is 4.25. The minimum absolute atomic E-state index is 0.118. The van der Waals surface area contributed by atoms with Crippen LogP contribution in [0.1, 0.15) is 48.3 Å². The first kappa shape index (κ1) is 25.4. The first-order chi connectivity index (χ1) is 16.3. The van der Waals surface area contributed by atoms with Gasteiger partial charge in [-0.3, -0.25) is 9.78 Å². The monoisotopic (exact) mass is 462 g/mol. The average Bonchev–Trinajstić information content (AvgIpc) is 2.82. The summed E-state index contributed by atoms with van der Waals surface area (Å²) in [5, 5.41) is 14.7. The summed E-state index contributed by atoms with van der Waals surface area (Å²) in [5.74, 6) is -0.736. The average molecular weight is 463 g/mol. The SMILES string of the molecule is CNC(=O)[C@H](CC(C)C)C[C@H](O)[C@H](Cc1ccccc1)OC(=O)c1cc2ccccc2nc1C. The van der Waals surface area contributed by atoms with Crippen LogP contribution >= 0.6 is 0 Å². The molecule has 0 saturated carbocycles. The van der Waals surface area contributed by atoms with E-state index in [1.165, 1.54) is 0 Å². The van der Waals surface area contributed by atoms with Crippen molar-refractivity contribution in [2.45, 2.75) is 52.2 Å². The van der Waals surface area contributed by atoms with E-state index in [9.17, 15) is 14.7 Å². The Kier molecular flexibility index (Phi) is 8.77. The van der Waals surface area contributed by atoms with Gasteiger partial charge in [0.2, 0.25) is 5.91 Å². The van der Waals surface area contributed by atoms with Crippen LogP contribution in [-0.4, -0.2) is 41.2 Å². The molecule has 0 aliphatic carbocycles. The van der Waals surface area contributed by atoms with E-state index in [2.05, 4.69) is 10.3 Å². The second kappa shape index (κ2) is 11.7. The van der Waals surface area contributed by atoms with Gasteiger partial charge < -0.3 is 15.2 Å². The molecular weight excluding hydrogens is 428 g/mol. The molecule has 180 valence electrons. The number of aliphatic hydroxyl groups is 1. The van der Waals surface area contributed by atoms with Crippen molar-refractivity contribution in [3.63, 3.8) is 0 Å². The smallest absolute Gasteiger partial charge is 0.340 e. The highest BCUT2D eigenvalue weighted by atomic mass is 16.6. The molecule has 2 aromatic carbocycles. The molecule has 34 heavy (non-hydrogen) atoms. The summed E-state index contributed by atoms with van der Waals surface area (Å²) in [6.07, 6.45) is -0.622. The number of benzene rings is 2. The van der Waals surface area contributed by atoms with E-state index in [-0.39, 0.29) is 24.2 Å². The Labute approximate surface area is 201 Å². The molecule has 0 fully saturated rings. The van der Waals surface area contributed by atoms with Crippen LogP contribution in [0.2, 0.25) is 0 Å². The number of nitrogens with zero attached hydrogens (tertiary/aromatic N) is 1. The highest BCUT2D eigenvalue weighted by Gasteiger charge is 2.30. The molecule has 0 unspecified atom stereocenters. The van der Waals surface area contributed by atoms with E-state index >= 15 is 0 Å². The van der Waals surface area contributed by atoms with Crippen LogP contribution in [-0.2, 0) is 16.0 Å². The molecule has 3 atom stereocenters. The number of carbonyl (C=O) groups is 2. The van der Waals surface area contributed by atoms with Gasteiger partial charge in [-0.25, -0.2) is 4.79 Å². The normalized spacial score (nSPS) is 13.9. The molecule has 0 saturated heterocycles. The Morgan fingerprint density at radius 2 is 1.71 bits per heavy atom. The summed E-state index contributed by atoms with van der Waals surface area (Å²) in [7, 11) is 1.60. The predicted octanol–water partition coefficient (Wildman–Crippen LogP) is 4.47. The van der Waals surface area contributed by atoms with Crippen LogP contribution in [0.25, 0.3) is 10.9 Å². The molecule has 3 rings (SSSR count). The maximum Gasteiger partial charge on any atom is 0.340 e. The molecule has 3 aromatic rings. The number of aromatic nitrogens is 1. The van der Waals surface area contributed by atoms with Crippen LogP contribution in [0, 0.1) is 18.8 Å². The fraction of sp³-hybridized carbons (Fsp3) is 0.393. The number of amides is 1. The summed E-state index contributed by atoms with van der Waals surface area (Å²) in [4.78, 5) is 30.2. The molecule has 0 radical (unpaired) electrons. The van der Waals surface area contributed by atoms with E-state index in [4.69, 9.17) is 4.74 Å². The molecule has 1 heterocycles.